The molecule has 3 rings (SSSR count). The molecule has 21 heavy (non-hydrogen) atoms. The molecule has 0 aliphatic carbocycles. The summed E-state index contributed by atoms with van der Waals surface area (Å²) in [6.45, 7) is 1.68. The third-order valence-corrected chi connectivity index (χ3v) is 3.79. The fourth-order valence-electron chi connectivity index (χ4n) is 2.61. The molecule has 1 atom stereocenters. The highest BCUT2D eigenvalue weighted by atomic mass is 35.5. The third kappa shape index (κ3) is 2.34. The summed E-state index contributed by atoms with van der Waals surface area (Å²) in [7, 11) is 0. The molecule has 0 spiro atoms. The number of halogens is 2. The summed E-state index contributed by atoms with van der Waals surface area (Å²) in [5, 5.41) is 0.181. The highest BCUT2D eigenvalue weighted by Gasteiger charge is 2.34. The smallest absolute Gasteiger partial charge is 0.312 e. The van der Waals surface area contributed by atoms with Gasteiger partial charge in [-0.2, -0.15) is 0 Å². The van der Waals surface area contributed by atoms with Crippen molar-refractivity contribution in [1.29, 1.82) is 0 Å². The van der Waals surface area contributed by atoms with Crippen LogP contribution in [0.4, 0.5) is 4.39 Å². The second kappa shape index (κ2) is 5.00. The van der Waals surface area contributed by atoms with Crippen molar-refractivity contribution in [2.75, 3.05) is 0 Å². The van der Waals surface area contributed by atoms with Gasteiger partial charge >= 0.3 is 5.97 Å². The molecule has 1 aliphatic rings. The summed E-state index contributed by atoms with van der Waals surface area (Å²) in [4.78, 5) is 26.6. The number of pyridine rings is 1. The standard InChI is InChI=1S/C15H11ClFNO3/c1-7-5-11-14(15(20)18-7)8(6-12(19)21-11)13-9(16)3-2-4-10(13)17/h2-5,8H,6H2,1H3,(H,18,20)/t8-/m1/s1. The van der Waals surface area contributed by atoms with Crippen LogP contribution in [0.25, 0.3) is 0 Å². The average molecular weight is 308 g/mol. The van der Waals surface area contributed by atoms with Crippen LogP contribution in [0.2, 0.25) is 5.02 Å². The Morgan fingerprint density at radius 2 is 2.10 bits per heavy atom. The van der Waals surface area contributed by atoms with Crippen LogP contribution >= 0.6 is 11.6 Å². The first kappa shape index (κ1) is 13.8. The van der Waals surface area contributed by atoms with Crippen molar-refractivity contribution in [2.24, 2.45) is 0 Å². The van der Waals surface area contributed by atoms with E-state index in [1.165, 1.54) is 18.2 Å². The van der Waals surface area contributed by atoms with E-state index in [0.717, 1.165) is 0 Å². The minimum atomic E-state index is -0.751. The van der Waals surface area contributed by atoms with E-state index >= 15 is 0 Å². The Morgan fingerprint density at radius 3 is 2.81 bits per heavy atom. The fraction of sp³-hybridized carbons (Fsp3) is 0.200. The number of ether oxygens (including phenoxy) is 1. The number of nitrogens with one attached hydrogen (secondary N) is 1. The van der Waals surface area contributed by atoms with Gasteiger partial charge in [0.1, 0.15) is 11.6 Å². The van der Waals surface area contributed by atoms with Gasteiger partial charge in [0.2, 0.25) is 0 Å². The largest absolute Gasteiger partial charge is 0.426 e. The van der Waals surface area contributed by atoms with Crippen LogP contribution in [0.1, 0.15) is 29.2 Å². The lowest BCUT2D eigenvalue weighted by molar-refractivity contribution is -0.135. The zero-order valence-corrected chi connectivity index (χ0v) is 11.8. The van der Waals surface area contributed by atoms with Crippen molar-refractivity contribution in [3.63, 3.8) is 0 Å². The molecule has 4 nitrogen and oxygen atoms in total. The molecule has 108 valence electrons. The van der Waals surface area contributed by atoms with Crippen molar-refractivity contribution < 1.29 is 13.9 Å². The van der Waals surface area contributed by atoms with Crippen molar-refractivity contribution in [2.45, 2.75) is 19.3 Å². The van der Waals surface area contributed by atoms with Gasteiger partial charge in [-0.1, -0.05) is 17.7 Å². The Kier molecular flexibility index (Phi) is 3.29. The first-order chi connectivity index (χ1) is 9.97. The van der Waals surface area contributed by atoms with Gasteiger partial charge in [0.15, 0.2) is 0 Å². The molecule has 1 N–H and O–H groups in total. The second-order valence-electron chi connectivity index (χ2n) is 4.93. The SMILES string of the molecule is Cc1cc2c(c(=O)[nH]1)[C@@H](c1c(F)cccc1Cl)CC(=O)O2. The van der Waals surface area contributed by atoms with Crippen LogP contribution in [0, 0.1) is 12.7 Å². The molecule has 0 fully saturated rings. The number of carbonyl (C=O) groups is 1. The van der Waals surface area contributed by atoms with E-state index < -0.39 is 23.3 Å². The lowest BCUT2D eigenvalue weighted by Crippen LogP contribution is -2.29. The number of benzene rings is 1. The molecule has 0 bridgehead atoms. The van der Waals surface area contributed by atoms with E-state index in [9.17, 15) is 14.0 Å². The number of hydrogen-bond donors (Lipinski definition) is 1. The Labute approximate surface area is 124 Å². The van der Waals surface area contributed by atoms with Gasteiger partial charge in [-0.05, 0) is 19.1 Å². The molecule has 2 heterocycles. The van der Waals surface area contributed by atoms with Gasteiger partial charge in [0.05, 0.1) is 12.0 Å². The molecule has 1 aromatic carbocycles. The minimum absolute atomic E-state index is 0.125. The van der Waals surface area contributed by atoms with Gasteiger partial charge in [-0.3, -0.25) is 9.59 Å². The predicted octanol–water partition coefficient (Wildman–Crippen LogP) is 2.92. The molecular weight excluding hydrogens is 297 g/mol. The molecule has 6 heteroatoms. The molecule has 1 aromatic heterocycles. The molecule has 0 amide bonds. The summed E-state index contributed by atoms with van der Waals surface area (Å²) in [6.07, 6.45) is -0.125. The number of esters is 1. The Bertz CT molecular complexity index is 780. The summed E-state index contributed by atoms with van der Waals surface area (Å²) >= 11 is 6.06. The van der Waals surface area contributed by atoms with Crippen LogP contribution in [0.15, 0.2) is 29.1 Å². The number of aryl methyl sites for hydroxylation is 1. The molecular formula is C15H11ClFNO3. The number of fused-ring (bicyclic) bond motifs is 1. The van der Waals surface area contributed by atoms with Gasteiger partial charge < -0.3 is 9.72 Å². The minimum Gasteiger partial charge on any atom is -0.426 e. The third-order valence-electron chi connectivity index (χ3n) is 3.46. The van der Waals surface area contributed by atoms with Crippen LogP contribution in [0.5, 0.6) is 5.75 Å². The van der Waals surface area contributed by atoms with E-state index in [0.29, 0.717) is 5.69 Å². The Balaban J connectivity index is 2.27. The van der Waals surface area contributed by atoms with Crippen LogP contribution in [-0.4, -0.2) is 11.0 Å². The lowest BCUT2D eigenvalue weighted by Gasteiger charge is -2.25. The summed E-state index contributed by atoms with van der Waals surface area (Å²) in [5.74, 6) is -1.65. The summed E-state index contributed by atoms with van der Waals surface area (Å²) in [6, 6.07) is 5.81. The van der Waals surface area contributed by atoms with E-state index in [-0.39, 0.29) is 28.3 Å². The Hall–Kier alpha value is -2.14. The van der Waals surface area contributed by atoms with Crippen molar-refractivity contribution in [3.8, 4) is 5.75 Å². The number of rotatable bonds is 1. The maximum absolute atomic E-state index is 14.1. The van der Waals surface area contributed by atoms with E-state index in [1.807, 2.05) is 0 Å². The van der Waals surface area contributed by atoms with Crippen molar-refractivity contribution in [1.82, 2.24) is 4.98 Å². The normalized spacial score (nSPS) is 17.3. The average Bonchev–Trinajstić information content (AvgIpc) is 2.36. The first-order valence-electron chi connectivity index (χ1n) is 6.35. The number of aromatic amines is 1. The molecule has 2 aromatic rings. The van der Waals surface area contributed by atoms with E-state index in [1.54, 1.807) is 13.0 Å². The fourth-order valence-corrected chi connectivity index (χ4v) is 2.90. The highest BCUT2D eigenvalue weighted by molar-refractivity contribution is 6.31. The number of H-pyrrole nitrogens is 1. The zero-order valence-electron chi connectivity index (χ0n) is 11.1. The monoisotopic (exact) mass is 307 g/mol. The molecule has 0 unspecified atom stereocenters. The van der Waals surface area contributed by atoms with Gasteiger partial charge in [-0.25, -0.2) is 4.39 Å². The van der Waals surface area contributed by atoms with Crippen LogP contribution in [0.3, 0.4) is 0 Å². The quantitative estimate of drug-likeness (QED) is 0.824. The molecule has 0 saturated heterocycles. The van der Waals surface area contributed by atoms with Crippen LogP contribution < -0.4 is 10.3 Å². The van der Waals surface area contributed by atoms with Crippen molar-refractivity contribution in [3.05, 3.63) is 62.3 Å². The summed E-state index contributed by atoms with van der Waals surface area (Å²) in [5.41, 5.74) is 0.535. The number of aromatic nitrogens is 1. The second-order valence-corrected chi connectivity index (χ2v) is 5.33. The molecule has 1 aliphatic heterocycles. The highest BCUT2D eigenvalue weighted by Crippen LogP contribution is 2.40. The Morgan fingerprint density at radius 1 is 1.33 bits per heavy atom. The molecule has 0 saturated carbocycles. The molecule has 0 radical (unpaired) electrons. The van der Waals surface area contributed by atoms with E-state index in [2.05, 4.69) is 4.98 Å². The maximum atomic E-state index is 14.1. The van der Waals surface area contributed by atoms with Gasteiger partial charge in [0.25, 0.3) is 5.56 Å². The first-order valence-corrected chi connectivity index (χ1v) is 6.73. The summed E-state index contributed by atoms with van der Waals surface area (Å²) < 4.78 is 19.2. The lowest BCUT2D eigenvalue weighted by atomic mass is 9.86. The predicted molar refractivity (Wildman–Crippen MR) is 75.3 cm³/mol. The maximum Gasteiger partial charge on any atom is 0.312 e. The van der Waals surface area contributed by atoms with Crippen LogP contribution in [-0.2, 0) is 4.79 Å². The van der Waals surface area contributed by atoms with Gasteiger partial charge in [-0.15, -0.1) is 0 Å². The van der Waals surface area contributed by atoms with Gasteiger partial charge in [0, 0.05) is 28.3 Å². The van der Waals surface area contributed by atoms with Crippen molar-refractivity contribution >= 4 is 17.6 Å². The van der Waals surface area contributed by atoms with E-state index in [4.69, 9.17) is 16.3 Å². The number of hydrogen-bond acceptors (Lipinski definition) is 3. The topological polar surface area (TPSA) is 59.2 Å². The number of carbonyl (C=O) groups excluding carboxylic acids is 1. The zero-order chi connectivity index (χ0) is 15.1.